The number of hydrogen-bond donors (Lipinski definition) is 0. The lowest BCUT2D eigenvalue weighted by atomic mass is 10.0. The lowest BCUT2D eigenvalue weighted by molar-refractivity contribution is -0.274. The molecule has 1 aliphatic rings. The Morgan fingerprint density at radius 3 is 2.46 bits per heavy atom. The van der Waals surface area contributed by atoms with Crippen LogP contribution in [-0.2, 0) is 0 Å². The minimum Gasteiger partial charge on any atom is -0.474 e. The van der Waals surface area contributed by atoms with E-state index < -0.39 is 6.36 Å². The molecule has 0 amide bonds. The third kappa shape index (κ3) is 3.88. The van der Waals surface area contributed by atoms with E-state index in [-0.39, 0.29) is 11.2 Å². The van der Waals surface area contributed by atoms with E-state index in [9.17, 15) is 13.2 Å². The first-order chi connectivity index (χ1) is 13.4. The van der Waals surface area contributed by atoms with Crippen molar-refractivity contribution in [2.45, 2.75) is 25.6 Å². The number of nitrogens with zero attached hydrogens (tertiary/aromatic N) is 2. The molecule has 2 aromatic carbocycles. The van der Waals surface area contributed by atoms with Crippen molar-refractivity contribution < 1.29 is 27.2 Å². The average molecular weight is 388 g/mol. The number of benzene rings is 2. The van der Waals surface area contributed by atoms with Crippen molar-refractivity contribution in [2.24, 2.45) is 5.41 Å². The van der Waals surface area contributed by atoms with Crippen LogP contribution in [0.5, 0.6) is 11.6 Å². The lowest BCUT2D eigenvalue weighted by Crippen LogP contribution is -2.16. The van der Waals surface area contributed by atoms with Crippen LogP contribution in [0.2, 0.25) is 0 Å². The van der Waals surface area contributed by atoms with Crippen LogP contribution in [0.3, 0.4) is 0 Å². The Bertz CT molecular complexity index is 1030. The van der Waals surface area contributed by atoms with Gasteiger partial charge < -0.3 is 14.0 Å². The molecule has 1 aliphatic carbocycles. The number of rotatable bonds is 6. The fraction of sp³-hybridized carbons (Fsp3) is 0.300. The van der Waals surface area contributed by atoms with E-state index in [0.717, 1.165) is 18.4 Å². The summed E-state index contributed by atoms with van der Waals surface area (Å²) < 4.78 is 51.8. The molecular formula is C20H15F3N2O3. The molecular weight excluding hydrogens is 373 g/mol. The van der Waals surface area contributed by atoms with Gasteiger partial charge in [-0.25, -0.2) is 0 Å². The molecule has 144 valence electrons. The first kappa shape index (κ1) is 18.2. The summed E-state index contributed by atoms with van der Waals surface area (Å²) >= 11 is 0. The average Bonchev–Trinajstić information content (AvgIpc) is 3.30. The van der Waals surface area contributed by atoms with Crippen molar-refractivity contribution in [2.75, 3.05) is 6.61 Å². The summed E-state index contributed by atoms with van der Waals surface area (Å²) in [5.41, 5.74) is 1.94. The van der Waals surface area contributed by atoms with E-state index in [1.165, 1.54) is 12.1 Å². The molecule has 0 unspecified atom stereocenters. The molecule has 0 N–H and O–H groups in total. The minimum absolute atomic E-state index is 0.0913. The Balaban J connectivity index is 1.55. The highest BCUT2D eigenvalue weighted by atomic mass is 19.4. The van der Waals surface area contributed by atoms with Gasteiger partial charge in [-0.15, -0.1) is 13.2 Å². The quantitative estimate of drug-likeness (QED) is 0.560. The SMILES string of the molecule is N#CCC1(COc2noc3ccc(-c4ccc(OC(F)(F)F)cc4)cc23)CC1. The van der Waals surface area contributed by atoms with Crippen molar-refractivity contribution in [1.29, 1.82) is 5.26 Å². The zero-order valence-electron chi connectivity index (χ0n) is 14.6. The van der Waals surface area contributed by atoms with Crippen molar-refractivity contribution in [3.63, 3.8) is 0 Å². The molecule has 0 bridgehead atoms. The van der Waals surface area contributed by atoms with Crippen LogP contribution in [0.4, 0.5) is 13.2 Å². The Hall–Kier alpha value is -3.21. The molecule has 5 nitrogen and oxygen atoms in total. The standard InChI is InChI=1S/C20H15F3N2O3/c21-20(22,23)27-15-4-1-13(2-5-15)14-3-6-17-16(11-14)18(25-28-17)26-12-19(7-8-19)9-10-24/h1-6,11H,7-9,12H2. The van der Waals surface area contributed by atoms with Crippen LogP contribution in [0.1, 0.15) is 19.3 Å². The normalized spacial score (nSPS) is 15.2. The predicted molar refractivity (Wildman–Crippen MR) is 93.5 cm³/mol. The van der Waals surface area contributed by atoms with Gasteiger partial charge >= 0.3 is 6.36 Å². The molecule has 0 saturated heterocycles. The molecule has 0 spiro atoms. The summed E-state index contributed by atoms with van der Waals surface area (Å²) in [6.07, 6.45) is -2.37. The molecule has 8 heteroatoms. The number of ether oxygens (including phenoxy) is 2. The summed E-state index contributed by atoms with van der Waals surface area (Å²) in [6.45, 7) is 0.399. The monoisotopic (exact) mass is 388 g/mol. The largest absolute Gasteiger partial charge is 0.573 e. The molecule has 1 saturated carbocycles. The van der Waals surface area contributed by atoms with Gasteiger partial charge in [0.05, 0.1) is 18.1 Å². The molecule has 0 atom stereocenters. The van der Waals surface area contributed by atoms with E-state index in [1.807, 2.05) is 6.07 Å². The van der Waals surface area contributed by atoms with E-state index in [2.05, 4.69) is 16.0 Å². The van der Waals surface area contributed by atoms with E-state index in [0.29, 0.717) is 35.4 Å². The maximum atomic E-state index is 12.3. The molecule has 0 aliphatic heterocycles. The van der Waals surface area contributed by atoms with Crippen LogP contribution in [0.15, 0.2) is 47.0 Å². The summed E-state index contributed by atoms with van der Waals surface area (Å²) in [6, 6.07) is 13.1. The third-order valence-electron chi connectivity index (χ3n) is 4.78. The van der Waals surface area contributed by atoms with Gasteiger partial charge in [-0.2, -0.15) is 5.26 Å². The van der Waals surface area contributed by atoms with E-state index in [4.69, 9.17) is 14.5 Å². The fourth-order valence-electron chi connectivity index (χ4n) is 2.99. The molecule has 0 radical (unpaired) electrons. The highest BCUT2D eigenvalue weighted by molar-refractivity contribution is 5.87. The van der Waals surface area contributed by atoms with Crippen LogP contribution in [0, 0.1) is 16.7 Å². The summed E-state index contributed by atoms with van der Waals surface area (Å²) in [5.74, 6) is 0.0663. The summed E-state index contributed by atoms with van der Waals surface area (Å²) in [7, 11) is 0. The van der Waals surface area contributed by atoms with Crippen LogP contribution < -0.4 is 9.47 Å². The van der Waals surface area contributed by atoms with Crippen molar-refractivity contribution >= 4 is 11.0 Å². The second kappa shape index (κ2) is 6.75. The third-order valence-corrected chi connectivity index (χ3v) is 4.78. The first-order valence-electron chi connectivity index (χ1n) is 8.63. The van der Waals surface area contributed by atoms with Gasteiger partial charge in [-0.1, -0.05) is 18.2 Å². The number of halogens is 3. The summed E-state index contributed by atoms with van der Waals surface area (Å²) in [5, 5.41) is 13.5. The number of aromatic nitrogens is 1. The highest BCUT2D eigenvalue weighted by Crippen LogP contribution is 2.49. The Kier molecular flexibility index (Phi) is 4.38. The van der Waals surface area contributed by atoms with Crippen molar-refractivity contribution in [1.82, 2.24) is 5.16 Å². The second-order valence-corrected chi connectivity index (χ2v) is 6.89. The van der Waals surface area contributed by atoms with Gasteiger partial charge in [-0.05, 0) is 53.4 Å². The zero-order chi connectivity index (χ0) is 19.8. The van der Waals surface area contributed by atoms with Gasteiger partial charge in [0.1, 0.15) is 5.75 Å². The number of hydrogen-bond acceptors (Lipinski definition) is 5. The first-order valence-corrected chi connectivity index (χ1v) is 8.63. The van der Waals surface area contributed by atoms with E-state index in [1.54, 1.807) is 24.3 Å². The number of fused-ring (bicyclic) bond motifs is 1. The van der Waals surface area contributed by atoms with E-state index >= 15 is 0 Å². The zero-order valence-corrected chi connectivity index (χ0v) is 14.6. The van der Waals surface area contributed by atoms with Crippen molar-refractivity contribution in [3.8, 4) is 28.8 Å². The predicted octanol–water partition coefficient (Wildman–Crippen LogP) is 5.47. The van der Waals surface area contributed by atoms with Crippen molar-refractivity contribution in [3.05, 3.63) is 42.5 Å². The Morgan fingerprint density at radius 1 is 1.11 bits per heavy atom. The molecule has 28 heavy (non-hydrogen) atoms. The number of alkyl halides is 3. The number of nitriles is 1. The fourth-order valence-corrected chi connectivity index (χ4v) is 2.99. The van der Waals surface area contributed by atoms with Crippen LogP contribution in [0.25, 0.3) is 22.1 Å². The summed E-state index contributed by atoms with van der Waals surface area (Å²) in [4.78, 5) is 0. The van der Waals surface area contributed by atoms with Crippen LogP contribution >= 0.6 is 0 Å². The molecule has 1 fully saturated rings. The van der Waals surface area contributed by atoms with Gasteiger partial charge in [0.15, 0.2) is 5.58 Å². The van der Waals surface area contributed by atoms with Gasteiger partial charge in [0.2, 0.25) is 0 Å². The minimum atomic E-state index is -4.72. The Morgan fingerprint density at radius 2 is 1.82 bits per heavy atom. The molecule has 4 rings (SSSR count). The maximum absolute atomic E-state index is 12.3. The van der Waals surface area contributed by atoms with Gasteiger partial charge in [0.25, 0.3) is 5.88 Å². The smallest absolute Gasteiger partial charge is 0.474 e. The Labute approximate surface area is 158 Å². The van der Waals surface area contributed by atoms with Gasteiger partial charge in [0, 0.05) is 11.8 Å². The van der Waals surface area contributed by atoms with Gasteiger partial charge in [-0.3, -0.25) is 0 Å². The highest BCUT2D eigenvalue weighted by Gasteiger charge is 2.43. The molecule has 3 aromatic rings. The molecule has 1 heterocycles. The molecule has 1 aromatic heterocycles. The van der Waals surface area contributed by atoms with Crippen LogP contribution in [-0.4, -0.2) is 18.1 Å². The lowest BCUT2D eigenvalue weighted by Gasteiger charge is -2.11. The second-order valence-electron chi connectivity index (χ2n) is 6.89. The maximum Gasteiger partial charge on any atom is 0.573 e. The topological polar surface area (TPSA) is 68.3 Å².